The molecule has 1 N–H and O–H groups in total. The molecule has 4 nitrogen and oxygen atoms in total. The third-order valence-corrected chi connectivity index (χ3v) is 5.98. The summed E-state index contributed by atoms with van der Waals surface area (Å²) in [5.41, 5.74) is -0.527. The molecule has 0 unspecified atom stereocenters. The van der Waals surface area contributed by atoms with Crippen LogP contribution >= 0.6 is 15.9 Å². The molecule has 1 heterocycles. The fourth-order valence-electron chi connectivity index (χ4n) is 2.39. The van der Waals surface area contributed by atoms with E-state index in [0.29, 0.717) is 5.33 Å². The second-order valence-electron chi connectivity index (χ2n) is 4.87. The Balaban J connectivity index is 2.28. The van der Waals surface area contributed by atoms with Crippen molar-refractivity contribution in [2.24, 2.45) is 0 Å². The van der Waals surface area contributed by atoms with Crippen molar-refractivity contribution in [3.63, 3.8) is 0 Å². The normalized spacial score (nSPS) is 19.3. The van der Waals surface area contributed by atoms with Gasteiger partial charge in [-0.25, -0.2) is 22.5 Å². The van der Waals surface area contributed by atoms with Crippen LogP contribution in [0.15, 0.2) is 23.4 Å². The van der Waals surface area contributed by atoms with Crippen molar-refractivity contribution in [1.29, 1.82) is 0 Å². The minimum Gasteiger partial charge on any atom is -0.241 e. The van der Waals surface area contributed by atoms with Crippen molar-refractivity contribution in [1.82, 2.24) is 9.71 Å². The van der Waals surface area contributed by atoms with Gasteiger partial charge in [-0.1, -0.05) is 35.2 Å². The second kappa shape index (κ2) is 5.85. The van der Waals surface area contributed by atoms with Crippen molar-refractivity contribution < 1.29 is 12.8 Å². The number of alkyl halides is 1. The molecule has 0 spiro atoms. The summed E-state index contributed by atoms with van der Waals surface area (Å²) < 4.78 is 40.7. The van der Waals surface area contributed by atoms with Crippen LogP contribution in [0.4, 0.5) is 4.39 Å². The zero-order chi connectivity index (χ0) is 13.9. The predicted octanol–water partition coefficient (Wildman–Crippen LogP) is 2.60. The van der Waals surface area contributed by atoms with Gasteiger partial charge in [-0.3, -0.25) is 0 Å². The molecule has 0 amide bonds. The van der Waals surface area contributed by atoms with Crippen LogP contribution in [0.25, 0.3) is 0 Å². The van der Waals surface area contributed by atoms with Crippen molar-refractivity contribution in [3.05, 3.63) is 24.1 Å². The number of hydrogen-bond donors (Lipinski definition) is 1. The molecule has 1 fully saturated rings. The molecule has 1 aromatic heterocycles. The van der Waals surface area contributed by atoms with Crippen LogP contribution in [0.3, 0.4) is 0 Å². The Bertz CT molecular complexity index is 544. The highest BCUT2D eigenvalue weighted by Crippen LogP contribution is 2.31. The van der Waals surface area contributed by atoms with Gasteiger partial charge in [-0.15, -0.1) is 0 Å². The summed E-state index contributed by atoms with van der Waals surface area (Å²) in [5.74, 6) is -0.824. The van der Waals surface area contributed by atoms with Gasteiger partial charge in [0.05, 0.1) is 0 Å². The Morgan fingerprint density at radius 3 is 2.63 bits per heavy atom. The summed E-state index contributed by atoms with van der Waals surface area (Å²) in [7, 11) is -3.93. The zero-order valence-corrected chi connectivity index (χ0v) is 12.8. The van der Waals surface area contributed by atoms with E-state index in [9.17, 15) is 12.8 Å². The molecule has 1 saturated carbocycles. The maximum absolute atomic E-state index is 13.6. The van der Waals surface area contributed by atoms with Crippen molar-refractivity contribution in [2.45, 2.75) is 42.7 Å². The monoisotopic (exact) mass is 350 g/mol. The highest BCUT2D eigenvalue weighted by Gasteiger charge is 2.36. The number of rotatable bonds is 4. The molecule has 0 atom stereocenters. The van der Waals surface area contributed by atoms with Crippen LogP contribution in [0.2, 0.25) is 0 Å². The maximum atomic E-state index is 13.6. The molecule has 0 bridgehead atoms. The summed E-state index contributed by atoms with van der Waals surface area (Å²) in [6.45, 7) is 0. The van der Waals surface area contributed by atoms with Crippen LogP contribution in [0.1, 0.15) is 32.1 Å². The quantitative estimate of drug-likeness (QED) is 0.849. The second-order valence-corrected chi connectivity index (χ2v) is 7.03. The largest absolute Gasteiger partial charge is 0.261 e. The molecule has 7 heteroatoms. The lowest BCUT2D eigenvalue weighted by molar-refractivity contribution is 0.300. The van der Waals surface area contributed by atoms with Gasteiger partial charge in [0.1, 0.15) is 0 Å². The lowest BCUT2D eigenvalue weighted by atomic mass is 9.84. The van der Waals surface area contributed by atoms with Gasteiger partial charge in [-0.2, -0.15) is 0 Å². The molecule has 19 heavy (non-hydrogen) atoms. The summed E-state index contributed by atoms with van der Waals surface area (Å²) in [6, 6.07) is 2.47. The number of sulfonamides is 1. The number of aromatic nitrogens is 1. The average molecular weight is 351 g/mol. The summed E-state index contributed by atoms with van der Waals surface area (Å²) in [4.78, 5) is 3.64. The van der Waals surface area contributed by atoms with Gasteiger partial charge in [-0.05, 0) is 25.0 Å². The van der Waals surface area contributed by atoms with Gasteiger partial charge < -0.3 is 0 Å². The average Bonchev–Trinajstić information content (AvgIpc) is 2.39. The van der Waals surface area contributed by atoms with E-state index in [0.717, 1.165) is 38.2 Å². The first-order valence-electron chi connectivity index (χ1n) is 6.20. The highest BCUT2D eigenvalue weighted by molar-refractivity contribution is 9.09. The van der Waals surface area contributed by atoms with E-state index in [1.807, 2.05) is 0 Å². The number of nitrogens with one attached hydrogen (secondary N) is 1. The lowest BCUT2D eigenvalue weighted by Crippen LogP contribution is -2.51. The fraction of sp³-hybridized carbons (Fsp3) is 0.583. The number of hydrogen-bond acceptors (Lipinski definition) is 3. The molecule has 0 aromatic carbocycles. The van der Waals surface area contributed by atoms with E-state index in [1.165, 1.54) is 12.3 Å². The lowest BCUT2D eigenvalue weighted by Gasteiger charge is -2.36. The Morgan fingerprint density at radius 2 is 2.05 bits per heavy atom. The van der Waals surface area contributed by atoms with Gasteiger partial charge in [0, 0.05) is 17.1 Å². The Labute approximate surface area is 121 Å². The highest BCUT2D eigenvalue weighted by atomic mass is 79.9. The van der Waals surface area contributed by atoms with Crippen molar-refractivity contribution >= 4 is 26.0 Å². The number of nitrogens with zero attached hydrogens (tertiary/aromatic N) is 1. The number of pyridine rings is 1. The fourth-order valence-corrected chi connectivity index (χ4v) is 4.75. The molecule has 0 aliphatic heterocycles. The third-order valence-electron chi connectivity index (χ3n) is 3.40. The van der Waals surface area contributed by atoms with E-state index in [4.69, 9.17) is 0 Å². The van der Waals surface area contributed by atoms with Gasteiger partial charge in [0.2, 0.25) is 5.03 Å². The maximum Gasteiger partial charge on any atom is 0.261 e. The van der Waals surface area contributed by atoms with E-state index in [-0.39, 0.29) is 0 Å². The van der Waals surface area contributed by atoms with Crippen LogP contribution in [-0.2, 0) is 10.0 Å². The van der Waals surface area contributed by atoms with Gasteiger partial charge in [0.15, 0.2) is 5.82 Å². The first kappa shape index (κ1) is 14.9. The first-order chi connectivity index (χ1) is 8.99. The summed E-state index contributed by atoms with van der Waals surface area (Å²) in [6.07, 6.45) is 5.84. The standard InChI is InChI=1S/C12H16BrFN2O2S/c13-9-12(6-2-1-3-7-12)16-19(17,18)11-10(14)5-4-8-15-11/h4-5,8,16H,1-3,6-7,9H2. The van der Waals surface area contributed by atoms with Crippen molar-refractivity contribution in [2.75, 3.05) is 5.33 Å². The topological polar surface area (TPSA) is 59.1 Å². The molecular formula is C12H16BrFN2O2S. The minimum absolute atomic E-state index is 0.522. The van der Waals surface area contributed by atoms with E-state index in [2.05, 4.69) is 25.6 Å². The Hall–Kier alpha value is -0.530. The Morgan fingerprint density at radius 1 is 1.37 bits per heavy atom. The van der Waals surface area contributed by atoms with Crippen LogP contribution < -0.4 is 4.72 Å². The van der Waals surface area contributed by atoms with Gasteiger partial charge in [0.25, 0.3) is 10.0 Å². The SMILES string of the molecule is O=S(=O)(NC1(CBr)CCCCC1)c1ncccc1F. The minimum atomic E-state index is -3.93. The molecule has 106 valence electrons. The molecular weight excluding hydrogens is 335 g/mol. The van der Waals surface area contributed by atoms with E-state index < -0.39 is 26.4 Å². The number of halogens is 2. The predicted molar refractivity (Wildman–Crippen MR) is 74.1 cm³/mol. The van der Waals surface area contributed by atoms with Crippen LogP contribution in [0.5, 0.6) is 0 Å². The van der Waals surface area contributed by atoms with E-state index in [1.54, 1.807) is 0 Å². The molecule has 1 aliphatic rings. The molecule has 0 radical (unpaired) electrons. The molecule has 1 aromatic rings. The molecule has 1 aliphatic carbocycles. The first-order valence-corrected chi connectivity index (χ1v) is 8.80. The summed E-state index contributed by atoms with van der Waals surface area (Å²) >= 11 is 3.37. The van der Waals surface area contributed by atoms with Gasteiger partial charge >= 0.3 is 0 Å². The third kappa shape index (κ3) is 3.32. The molecule has 2 rings (SSSR count). The summed E-state index contributed by atoms with van der Waals surface area (Å²) in [5, 5.41) is -0.00544. The van der Waals surface area contributed by atoms with Crippen LogP contribution in [-0.4, -0.2) is 24.3 Å². The smallest absolute Gasteiger partial charge is 0.241 e. The van der Waals surface area contributed by atoms with Crippen molar-refractivity contribution in [3.8, 4) is 0 Å². The Kier molecular flexibility index (Phi) is 4.58. The zero-order valence-electron chi connectivity index (χ0n) is 10.4. The van der Waals surface area contributed by atoms with E-state index >= 15 is 0 Å². The molecule has 0 saturated heterocycles. The van der Waals surface area contributed by atoms with Crippen LogP contribution in [0, 0.1) is 5.82 Å².